The van der Waals surface area contributed by atoms with E-state index in [0.29, 0.717) is 30.0 Å². The fourth-order valence-corrected chi connectivity index (χ4v) is 5.65. The molecule has 0 radical (unpaired) electrons. The highest BCUT2D eigenvalue weighted by Crippen LogP contribution is 2.45. The van der Waals surface area contributed by atoms with Crippen molar-refractivity contribution < 1.29 is 19.1 Å². The van der Waals surface area contributed by atoms with Gasteiger partial charge in [0.25, 0.3) is 11.8 Å². The van der Waals surface area contributed by atoms with Crippen LogP contribution in [0, 0.1) is 0 Å². The third-order valence-electron chi connectivity index (χ3n) is 7.38. The maximum atomic E-state index is 14.2. The molecule has 1 saturated heterocycles. The molecule has 0 bridgehead atoms. The Labute approximate surface area is 220 Å². The zero-order chi connectivity index (χ0) is 26.4. The average Bonchev–Trinajstić information content (AvgIpc) is 3.44. The van der Waals surface area contributed by atoms with Crippen LogP contribution < -0.4 is 15.0 Å². The number of hydrogen-bond donors (Lipinski definition) is 2. The van der Waals surface area contributed by atoms with Crippen LogP contribution in [0.1, 0.15) is 46.6 Å². The molecule has 8 nitrogen and oxygen atoms in total. The lowest BCUT2D eigenvalue weighted by molar-refractivity contribution is -0.120. The van der Waals surface area contributed by atoms with Gasteiger partial charge in [0.05, 0.1) is 18.4 Å². The first-order valence-corrected chi connectivity index (χ1v) is 12.8. The smallest absolute Gasteiger partial charge is 0.332 e. The van der Waals surface area contributed by atoms with Crippen molar-refractivity contribution in [3.05, 3.63) is 95.2 Å². The zero-order valence-electron chi connectivity index (χ0n) is 21.2. The molecular weight excluding hydrogens is 480 g/mol. The predicted molar refractivity (Wildman–Crippen MR) is 144 cm³/mol. The minimum Gasteiger partial charge on any atom is -0.497 e. The molecule has 6 rings (SSSR count). The second kappa shape index (κ2) is 9.37. The first-order chi connectivity index (χ1) is 18.5. The quantitative estimate of drug-likeness (QED) is 0.366. The van der Waals surface area contributed by atoms with Crippen LogP contribution >= 0.6 is 0 Å². The molecule has 0 saturated carbocycles. The van der Waals surface area contributed by atoms with Crippen LogP contribution in [0.5, 0.6) is 5.75 Å². The van der Waals surface area contributed by atoms with Crippen LogP contribution in [0.4, 0.5) is 10.5 Å². The number of anilines is 1. The van der Waals surface area contributed by atoms with Crippen LogP contribution in [-0.4, -0.2) is 47.4 Å². The van der Waals surface area contributed by atoms with Gasteiger partial charge in [-0.2, -0.15) is 0 Å². The molecule has 0 aliphatic carbocycles. The largest absolute Gasteiger partial charge is 0.497 e. The number of benzene rings is 3. The van der Waals surface area contributed by atoms with Gasteiger partial charge >= 0.3 is 6.03 Å². The highest BCUT2D eigenvalue weighted by Gasteiger charge is 2.53. The summed E-state index contributed by atoms with van der Waals surface area (Å²) in [5.41, 5.74) is 4.28. The van der Waals surface area contributed by atoms with Crippen molar-refractivity contribution in [1.82, 2.24) is 15.2 Å². The molecule has 4 amide bonds. The number of methoxy groups -OCH3 is 1. The number of amides is 4. The van der Waals surface area contributed by atoms with E-state index in [1.807, 2.05) is 55.5 Å². The van der Waals surface area contributed by atoms with Crippen molar-refractivity contribution in [3.63, 3.8) is 0 Å². The number of H-pyrrole nitrogens is 1. The van der Waals surface area contributed by atoms with Crippen LogP contribution in [0.3, 0.4) is 0 Å². The predicted octanol–water partition coefficient (Wildman–Crippen LogP) is 4.80. The standard InChI is InChI=1S/C30H28N4O4/c1-3-15-31-28(35)21-12-5-7-14-24(21)34-29(36)25-17-22-20-11-4-6-13-23(20)32-26(22)27(33(25)30(34)37)18-9-8-10-19(16-18)38-2/h4-14,16,25,27,32H,3,15,17H2,1-2H3,(H,31,35). The van der Waals surface area contributed by atoms with Crippen molar-refractivity contribution in [3.8, 4) is 5.75 Å². The topological polar surface area (TPSA) is 94.7 Å². The van der Waals surface area contributed by atoms with E-state index in [4.69, 9.17) is 4.74 Å². The Kier molecular flexibility index (Phi) is 5.87. The minimum absolute atomic E-state index is 0.295. The van der Waals surface area contributed by atoms with Crippen molar-refractivity contribution in [2.24, 2.45) is 0 Å². The number of rotatable bonds is 6. The van der Waals surface area contributed by atoms with Crippen molar-refractivity contribution in [2.75, 3.05) is 18.6 Å². The van der Waals surface area contributed by atoms with Gasteiger partial charge in [-0.1, -0.05) is 49.4 Å². The lowest BCUT2D eigenvalue weighted by Gasteiger charge is -2.36. The fourth-order valence-electron chi connectivity index (χ4n) is 5.65. The molecule has 0 spiro atoms. The van der Waals surface area contributed by atoms with E-state index < -0.39 is 18.1 Å². The summed E-state index contributed by atoms with van der Waals surface area (Å²) in [4.78, 5) is 47.5. The van der Waals surface area contributed by atoms with Crippen molar-refractivity contribution >= 4 is 34.4 Å². The summed E-state index contributed by atoms with van der Waals surface area (Å²) in [5.74, 6) is 0.0121. The molecule has 3 heterocycles. The Morgan fingerprint density at radius 2 is 1.84 bits per heavy atom. The number of fused-ring (bicyclic) bond motifs is 4. The number of carbonyl (C=O) groups excluding carboxylic acids is 3. The maximum Gasteiger partial charge on any atom is 0.332 e. The van der Waals surface area contributed by atoms with Gasteiger partial charge in [-0.15, -0.1) is 0 Å². The van der Waals surface area contributed by atoms with E-state index in [0.717, 1.165) is 34.1 Å². The molecule has 3 aromatic carbocycles. The zero-order valence-corrected chi connectivity index (χ0v) is 21.2. The van der Waals surface area contributed by atoms with E-state index in [9.17, 15) is 14.4 Å². The number of nitrogens with zero attached hydrogens (tertiary/aromatic N) is 2. The van der Waals surface area contributed by atoms with Crippen LogP contribution in [0.15, 0.2) is 72.8 Å². The summed E-state index contributed by atoms with van der Waals surface area (Å²) in [5, 5.41) is 3.90. The number of aromatic nitrogens is 1. The van der Waals surface area contributed by atoms with Gasteiger partial charge in [0.2, 0.25) is 0 Å². The van der Waals surface area contributed by atoms with Crippen LogP contribution in [0.2, 0.25) is 0 Å². The van der Waals surface area contributed by atoms with Crippen molar-refractivity contribution in [1.29, 1.82) is 0 Å². The van der Waals surface area contributed by atoms with E-state index in [1.165, 1.54) is 4.90 Å². The molecule has 38 heavy (non-hydrogen) atoms. The Bertz CT molecular complexity index is 1580. The average molecular weight is 509 g/mol. The van der Waals surface area contributed by atoms with Crippen LogP contribution in [0.25, 0.3) is 10.9 Å². The molecule has 2 aliphatic heterocycles. The van der Waals surface area contributed by atoms with E-state index in [-0.39, 0.29) is 11.8 Å². The highest BCUT2D eigenvalue weighted by atomic mass is 16.5. The van der Waals surface area contributed by atoms with Crippen molar-refractivity contribution in [2.45, 2.75) is 31.8 Å². The summed E-state index contributed by atoms with van der Waals surface area (Å²) in [6.45, 7) is 2.47. The van der Waals surface area contributed by atoms with Gasteiger partial charge in [-0.05, 0) is 47.9 Å². The van der Waals surface area contributed by atoms with Gasteiger partial charge in [-0.3, -0.25) is 14.5 Å². The van der Waals surface area contributed by atoms with E-state index in [1.54, 1.807) is 36.3 Å². The van der Waals surface area contributed by atoms with E-state index in [2.05, 4.69) is 10.3 Å². The van der Waals surface area contributed by atoms with Gasteiger partial charge in [0.15, 0.2) is 0 Å². The first kappa shape index (κ1) is 23.8. The monoisotopic (exact) mass is 508 g/mol. The molecule has 1 fully saturated rings. The maximum absolute atomic E-state index is 14.2. The summed E-state index contributed by atoms with van der Waals surface area (Å²) in [7, 11) is 1.60. The molecule has 4 aromatic rings. The summed E-state index contributed by atoms with van der Waals surface area (Å²) in [6.07, 6.45) is 1.16. The molecule has 192 valence electrons. The first-order valence-electron chi connectivity index (χ1n) is 12.8. The molecule has 2 N–H and O–H groups in total. The molecule has 2 unspecified atom stereocenters. The fraction of sp³-hybridized carbons (Fsp3) is 0.233. The number of imide groups is 1. The minimum atomic E-state index is -0.711. The van der Waals surface area contributed by atoms with Gasteiger partial charge in [0, 0.05) is 29.6 Å². The SMILES string of the molecule is CCCNC(=O)c1ccccc1N1C(=O)C2Cc3c([nH]c4ccccc34)C(c3cccc(OC)c3)N2C1=O. The summed E-state index contributed by atoms with van der Waals surface area (Å²) in [6, 6.07) is 20.6. The molecule has 2 aliphatic rings. The number of aromatic amines is 1. The highest BCUT2D eigenvalue weighted by molar-refractivity contribution is 6.24. The molecular formula is C30H28N4O4. The lowest BCUT2D eigenvalue weighted by atomic mass is 9.89. The number of para-hydroxylation sites is 2. The Hall–Kier alpha value is -4.59. The van der Waals surface area contributed by atoms with Gasteiger partial charge in [-0.25, -0.2) is 9.69 Å². The molecule has 2 atom stereocenters. The number of hydrogen-bond acceptors (Lipinski definition) is 4. The Morgan fingerprint density at radius 1 is 1.05 bits per heavy atom. The third kappa shape index (κ3) is 3.63. The third-order valence-corrected chi connectivity index (χ3v) is 7.38. The second-order valence-corrected chi connectivity index (χ2v) is 9.60. The second-order valence-electron chi connectivity index (χ2n) is 9.60. The lowest BCUT2D eigenvalue weighted by Crippen LogP contribution is -2.44. The summed E-state index contributed by atoms with van der Waals surface area (Å²) < 4.78 is 5.48. The Balaban J connectivity index is 1.50. The number of urea groups is 1. The number of carbonyl (C=O) groups is 3. The van der Waals surface area contributed by atoms with E-state index >= 15 is 0 Å². The van der Waals surface area contributed by atoms with Gasteiger partial charge < -0.3 is 15.0 Å². The normalized spacial score (nSPS) is 18.5. The number of ether oxygens (including phenoxy) is 1. The number of nitrogens with one attached hydrogen (secondary N) is 2. The Morgan fingerprint density at radius 3 is 2.66 bits per heavy atom. The molecule has 1 aromatic heterocycles. The van der Waals surface area contributed by atoms with Crippen LogP contribution in [-0.2, 0) is 11.2 Å². The molecule has 8 heteroatoms. The summed E-state index contributed by atoms with van der Waals surface area (Å²) >= 11 is 0. The van der Waals surface area contributed by atoms with Gasteiger partial charge in [0.1, 0.15) is 17.8 Å².